The number of benzene rings is 1. The van der Waals surface area contributed by atoms with Crippen molar-refractivity contribution in [3.63, 3.8) is 0 Å². The Kier molecular flexibility index (Phi) is 4.33. The lowest BCUT2D eigenvalue weighted by Gasteiger charge is -2.22. The molecule has 2 rings (SSSR count). The maximum Gasteiger partial charge on any atom is 0.294 e. The van der Waals surface area contributed by atoms with Crippen LogP contribution in [0.1, 0.15) is 34.2 Å². The summed E-state index contributed by atoms with van der Waals surface area (Å²) in [6, 6.07) is 7.89. The van der Waals surface area contributed by atoms with Crippen molar-refractivity contribution in [3.8, 4) is 0 Å². The van der Waals surface area contributed by atoms with Crippen LogP contribution in [0, 0.1) is 20.8 Å². The Balaban J connectivity index is 2.42. The maximum atomic E-state index is 12.7. The van der Waals surface area contributed by atoms with E-state index >= 15 is 0 Å². The van der Waals surface area contributed by atoms with Gasteiger partial charge in [0.1, 0.15) is 0 Å². The average Bonchev–Trinajstić information content (AvgIpc) is 2.71. The molecule has 2 aromatic rings. The van der Waals surface area contributed by atoms with E-state index in [1.54, 1.807) is 4.90 Å². The highest BCUT2D eigenvalue weighted by molar-refractivity contribution is 9.10. The van der Waals surface area contributed by atoms with Gasteiger partial charge in [-0.05, 0) is 61.3 Å². The molecule has 0 N–H and O–H groups in total. The number of hydrogen-bond donors (Lipinski definition) is 0. The number of aryl methyl sites for hydroxylation is 3. The van der Waals surface area contributed by atoms with Crippen molar-refractivity contribution in [2.75, 3.05) is 11.4 Å². The number of halogens is 1. The third-order valence-electron chi connectivity index (χ3n) is 3.29. The van der Waals surface area contributed by atoms with E-state index in [1.807, 2.05) is 45.9 Å². The fraction of sp³-hybridized carbons (Fsp3) is 0.312. The molecule has 0 saturated carbocycles. The van der Waals surface area contributed by atoms with Gasteiger partial charge in [-0.15, -0.1) is 0 Å². The fourth-order valence-electron chi connectivity index (χ4n) is 2.31. The first-order chi connectivity index (χ1) is 9.43. The van der Waals surface area contributed by atoms with Gasteiger partial charge in [0.2, 0.25) is 0 Å². The molecule has 0 fully saturated rings. The molecular weight excluding hydrogens is 318 g/mol. The van der Waals surface area contributed by atoms with Crippen molar-refractivity contribution >= 4 is 27.5 Å². The summed E-state index contributed by atoms with van der Waals surface area (Å²) in [6.45, 7) is 8.49. The zero-order valence-electron chi connectivity index (χ0n) is 12.2. The maximum absolute atomic E-state index is 12.7. The monoisotopic (exact) mass is 335 g/mol. The minimum Gasteiger partial charge on any atom is -0.444 e. The number of nitrogens with zero attached hydrogens (tertiary/aromatic N) is 1. The summed E-state index contributed by atoms with van der Waals surface area (Å²) < 4.78 is 6.05. The van der Waals surface area contributed by atoms with Gasteiger partial charge in [0.05, 0.1) is 0 Å². The molecule has 1 heterocycles. The van der Waals surface area contributed by atoms with Gasteiger partial charge in [0, 0.05) is 17.8 Å². The molecule has 20 heavy (non-hydrogen) atoms. The summed E-state index contributed by atoms with van der Waals surface area (Å²) in [5, 5.41) is 0. The van der Waals surface area contributed by atoms with Gasteiger partial charge in [0.15, 0.2) is 10.4 Å². The van der Waals surface area contributed by atoms with E-state index in [1.165, 1.54) is 5.56 Å². The Morgan fingerprint density at radius 3 is 2.40 bits per heavy atom. The molecule has 1 aromatic heterocycles. The highest BCUT2D eigenvalue weighted by Gasteiger charge is 2.23. The lowest BCUT2D eigenvalue weighted by molar-refractivity contribution is 0.0959. The van der Waals surface area contributed by atoms with Crippen molar-refractivity contribution < 1.29 is 9.21 Å². The summed E-state index contributed by atoms with van der Waals surface area (Å²) in [6.07, 6.45) is 0. The summed E-state index contributed by atoms with van der Waals surface area (Å²) in [5.74, 6) is 0.279. The van der Waals surface area contributed by atoms with E-state index in [2.05, 4.69) is 22.0 Å². The molecule has 0 unspecified atom stereocenters. The molecule has 1 aromatic carbocycles. The van der Waals surface area contributed by atoms with E-state index in [0.717, 1.165) is 16.8 Å². The number of carbonyl (C=O) groups is 1. The Morgan fingerprint density at radius 2 is 1.90 bits per heavy atom. The Bertz CT molecular complexity index is 646. The minimum absolute atomic E-state index is 0.109. The number of anilines is 1. The van der Waals surface area contributed by atoms with Crippen LogP contribution in [0.3, 0.4) is 0 Å². The van der Waals surface area contributed by atoms with Crippen LogP contribution in [0.4, 0.5) is 5.69 Å². The lowest BCUT2D eigenvalue weighted by Crippen LogP contribution is -2.31. The van der Waals surface area contributed by atoms with Crippen LogP contribution in [-0.4, -0.2) is 12.5 Å². The van der Waals surface area contributed by atoms with Crippen molar-refractivity contribution in [1.82, 2.24) is 0 Å². The summed E-state index contributed by atoms with van der Waals surface area (Å²) in [4.78, 5) is 14.4. The Hall–Kier alpha value is -1.55. The molecule has 1 amide bonds. The molecule has 3 nitrogen and oxygen atoms in total. The summed E-state index contributed by atoms with van der Waals surface area (Å²) in [5.41, 5.74) is 4.04. The van der Waals surface area contributed by atoms with Gasteiger partial charge in [-0.2, -0.15) is 0 Å². The molecule has 0 spiro atoms. The normalized spacial score (nSPS) is 10.7. The largest absolute Gasteiger partial charge is 0.444 e. The van der Waals surface area contributed by atoms with Crippen molar-refractivity contribution in [2.24, 2.45) is 0 Å². The molecule has 0 saturated heterocycles. The second kappa shape index (κ2) is 5.83. The van der Waals surface area contributed by atoms with Crippen LogP contribution >= 0.6 is 15.9 Å². The van der Waals surface area contributed by atoms with Gasteiger partial charge in [-0.25, -0.2) is 0 Å². The standard InChI is InChI=1S/C16H18BrNO2/c1-5-18(13-7-6-10(2)8-11(13)3)16(19)15-12(4)9-14(17)20-15/h6-9H,5H2,1-4H3. The predicted octanol–water partition coefficient (Wildman–Crippen LogP) is 4.63. The van der Waals surface area contributed by atoms with Gasteiger partial charge in [0.25, 0.3) is 5.91 Å². The second-order valence-electron chi connectivity index (χ2n) is 4.90. The van der Waals surface area contributed by atoms with Crippen LogP contribution < -0.4 is 4.90 Å². The van der Waals surface area contributed by atoms with Gasteiger partial charge in [-0.3, -0.25) is 4.79 Å². The van der Waals surface area contributed by atoms with Crippen LogP contribution in [-0.2, 0) is 0 Å². The molecule has 0 aliphatic carbocycles. The zero-order valence-corrected chi connectivity index (χ0v) is 13.7. The van der Waals surface area contributed by atoms with Gasteiger partial charge >= 0.3 is 0 Å². The average molecular weight is 336 g/mol. The van der Waals surface area contributed by atoms with E-state index in [9.17, 15) is 4.79 Å². The van der Waals surface area contributed by atoms with E-state index in [0.29, 0.717) is 17.0 Å². The molecule has 0 bridgehead atoms. The lowest BCUT2D eigenvalue weighted by atomic mass is 10.1. The second-order valence-corrected chi connectivity index (χ2v) is 5.68. The van der Waals surface area contributed by atoms with E-state index < -0.39 is 0 Å². The molecule has 0 aliphatic rings. The third kappa shape index (κ3) is 2.80. The SMILES string of the molecule is CCN(C(=O)c1oc(Br)cc1C)c1ccc(C)cc1C. The molecule has 4 heteroatoms. The third-order valence-corrected chi connectivity index (χ3v) is 3.68. The van der Waals surface area contributed by atoms with E-state index in [4.69, 9.17) is 4.42 Å². The van der Waals surface area contributed by atoms with Crippen LogP contribution in [0.5, 0.6) is 0 Å². The molecule has 0 aliphatic heterocycles. The molecule has 0 radical (unpaired) electrons. The summed E-state index contributed by atoms with van der Waals surface area (Å²) in [7, 11) is 0. The Morgan fingerprint density at radius 1 is 1.20 bits per heavy atom. The number of hydrogen-bond acceptors (Lipinski definition) is 2. The molecule has 0 atom stereocenters. The van der Waals surface area contributed by atoms with Crippen LogP contribution in [0.2, 0.25) is 0 Å². The first kappa shape index (κ1) is 14.9. The van der Waals surface area contributed by atoms with E-state index in [-0.39, 0.29) is 5.91 Å². The molecular formula is C16H18BrNO2. The zero-order chi connectivity index (χ0) is 14.9. The van der Waals surface area contributed by atoms with Crippen molar-refractivity contribution in [3.05, 3.63) is 51.4 Å². The highest BCUT2D eigenvalue weighted by Crippen LogP contribution is 2.26. The number of rotatable bonds is 3. The fourth-order valence-corrected chi connectivity index (χ4v) is 2.81. The topological polar surface area (TPSA) is 33.5 Å². The number of furan rings is 1. The quantitative estimate of drug-likeness (QED) is 0.818. The Labute approximate surface area is 127 Å². The first-order valence-corrected chi connectivity index (χ1v) is 7.38. The smallest absolute Gasteiger partial charge is 0.294 e. The predicted molar refractivity (Wildman–Crippen MR) is 84.4 cm³/mol. The highest BCUT2D eigenvalue weighted by atomic mass is 79.9. The van der Waals surface area contributed by atoms with Crippen LogP contribution in [0.25, 0.3) is 0 Å². The molecule has 106 valence electrons. The van der Waals surface area contributed by atoms with Gasteiger partial charge < -0.3 is 9.32 Å². The minimum atomic E-state index is -0.109. The summed E-state index contributed by atoms with van der Waals surface area (Å²) >= 11 is 3.27. The number of carbonyl (C=O) groups excluding carboxylic acids is 1. The van der Waals surface area contributed by atoms with Crippen LogP contribution in [0.15, 0.2) is 33.4 Å². The van der Waals surface area contributed by atoms with Gasteiger partial charge in [-0.1, -0.05) is 17.7 Å². The number of amides is 1. The first-order valence-electron chi connectivity index (χ1n) is 6.59. The van der Waals surface area contributed by atoms with Crippen molar-refractivity contribution in [2.45, 2.75) is 27.7 Å². The van der Waals surface area contributed by atoms with Crippen molar-refractivity contribution in [1.29, 1.82) is 0 Å².